The van der Waals surface area contributed by atoms with Crippen molar-refractivity contribution in [2.45, 2.75) is 16.9 Å². The summed E-state index contributed by atoms with van der Waals surface area (Å²) < 4.78 is 0. The zero-order chi connectivity index (χ0) is 45.8. The number of hydrogen-bond acceptors (Lipinski definition) is 3. The zero-order valence-electron chi connectivity index (χ0n) is 38.9. The first kappa shape index (κ1) is 29.0. The summed E-state index contributed by atoms with van der Waals surface area (Å²) in [6.07, 6.45) is 3.02. The first-order valence-electron chi connectivity index (χ1n) is 28.0. The molecule has 5 aliphatic carbocycles. The molecule has 3 heteroatoms. The van der Waals surface area contributed by atoms with Crippen LogP contribution in [0.3, 0.4) is 0 Å². The number of benzene rings is 19. The monoisotopic (exact) mass is 933 g/mol. The minimum atomic E-state index is -0.515. The molecule has 1 atom stereocenters. The SMILES string of the molecule is CN1CC23c4c5c6c7c8c9c(c%10c%11c2c2c4c4c%12c5c5c6c6c8c8c%13c9c9c%10c%10c%11c%11c2c2c4c4c%12c%12c5c5c6c8c6c8c%13c9c9c%10c%10c%11c2c2c4c4c%12c5c6c5c8c9c%10c2c45)C73C1c1ccc2c(c1)C(=O)C=CC2=O. The van der Waals surface area contributed by atoms with Gasteiger partial charge in [-0.15, -0.1) is 0 Å². The Kier molecular flexibility index (Phi) is 2.53. The molecule has 1 saturated heterocycles. The number of likely N-dealkylation sites (N-methyl/N-ethyl adjacent to an activating group) is 1. The third kappa shape index (κ3) is 1.57. The lowest BCUT2D eigenvalue weighted by Crippen LogP contribution is -2.52. The fourth-order valence-electron chi connectivity index (χ4n) is 27.0. The second-order valence-corrected chi connectivity index (χ2v) is 27.6. The van der Waals surface area contributed by atoms with Crippen LogP contribution in [0, 0.1) is 0 Å². The second-order valence-electron chi connectivity index (χ2n) is 27.6. The summed E-state index contributed by atoms with van der Waals surface area (Å²) in [5, 5.41) is 86.8. The van der Waals surface area contributed by atoms with Gasteiger partial charge in [-0.2, -0.15) is 0 Å². The van der Waals surface area contributed by atoms with Crippen LogP contribution in [-0.2, 0) is 10.8 Å². The number of carbonyl (C=O) groups is 2. The molecule has 2 spiro atoms. The van der Waals surface area contributed by atoms with E-state index < -0.39 is 10.8 Å². The number of hydrogen-bond donors (Lipinski definition) is 0. The summed E-state index contributed by atoms with van der Waals surface area (Å²) in [6.45, 7) is 0.900. The van der Waals surface area contributed by atoms with Gasteiger partial charge in [-0.25, -0.2) is 0 Å². The molecule has 0 N–H and O–H groups in total. The Hall–Kier alpha value is -9.28. The number of nitrogens with zero attached hydrogens (tertiary/aromatic N) is 1. The quantitative estimate of drug-likeness (QED) is 0.154. The molecule has 76 heavy (non-hydrogen) atoms. The highest BCUT2D eigenvalue weighted by Gasteiger charge is 2.76. The van der Waals surface area contributed by atoms with E-state index in [9.17, 15) is 9.59 Å². The standard InChI is InChI=1S/C73H11NO2/c1-74-7-72-67-59-51-41-31-23-15-13-14-17-21-19(15)27-35-29(21)39-33-25(17)26-18(14)22-20-16(13)24(23)32-38-28(20)36-30(22)40-34(26)44-43(33)55-49(39)57-47(35)53(45(51)37(27)31)61(67)63(57)69-65(55)66-56(44)50(40)58-48(36)54-46(38)52(42(32)41)60(59)68(72)62(54)64(58)70(66)73(69,72)71(74)8-2-3-9-10(6-8)12(76)5-4-11(9)75/h2-6,71H,7H2,1H3. The molecule has 1 heterocycles. The maximum Gasteiger partial charge on any atom is 0.186 e. The summed E-state index contributed by atoms with van der Waals surface area (Å²) in [7, 11) is 2.46. The van der Waals surface area contributed by atoms with Crippen LogP contribution in [0.25, 0.3) is 291 Å². The normalized spacial score (nSPS) is 23.7. The van der Waals surface area contributed by atoms with Gasteiger partial charge in [-0.3, -0.25) is 14.5 Å². The molecule has 1 unspecified atom stereocenters. The van der Waals surface area contributed by atoms with E-state index in [1.165, 1.54) is 17.7 Å². The van der Waals surface area contributed by atoms with E-state index in [4.69, 9.17) is 0 Å². The minimum Gasteiger partial charge on any atom is -0.297 e. The topological polar surface area (TPSA) is 37.4 Å². The van der Waals surface area contributed by atoms with Crippen LogP contribution >= 0.6 is 0 Å². The highest BCUT2D eigenvalue weighted by Crippen LogP contribution is 2.87. The number of rotatable bonds is 1. The van der Waals surface area contributed by atoms with Gasteiger partial charge in [0.2, 0.25) is 0 Å². The lowest BCUT2D eigenvalue weighted by Gasteiger charge is -2.52. The number of likely N-dealkylation sites (tertiary alicyclic amines) is 1. The summed E-state index contributed by atoms with van der Waals surface area (Å²) in [6, 6.07) is 6.46. The van der Waals surface area contributed by atoms with Gasteiger partial charge in [0.25, 0.3) is 0 Å². The molecule has 29 aromatic carbocycles. The van der Waals surface area contributed by atoms with Crippen molar-refractivity contribution in [1.82, 2.24) is 4.90 Å². The molecular weight excluding hydrogens is 923 g/mol. The van der Waals surface area contributed by atoms with Gasteiger partial charge >= 0.3 is 0 Å². The second kappa shape index (κ2) is 6.63. The van der Waals surface area contributed by atoms with Crippen molar-refractivity contribution < 1.29 is 9.59 Å². The number of ketones is 2. The van der Waals surface area contributed by atoms with Gasteiger partial charge in [0, 0.05) is 23.7 Å². The summed E-state index contributed by atoms with van der Waals surface area (Å²) in [5.41, 5.74) is 7.99. The van der Waals surface area contributed by atoms with Gasteiger partial charge in [0.15, 0.2) is 11.6 Å². The molecule has 0 amide bonds. The average Bonchev–Trinajstić information content (AvgIpc) is 1.94. The number of carbonyl (C=O) groups excluding carboxylic acids is 2. The van der Waals surface area contributed by atoms with E-state index in [1.54, 1.807) is 313 Å². The molecule has 0 bridgehead atoms. The van der Waals surface area contributed by atoms with Crippen molar-refractivity contribution in [2.24, 2.45) is 0 Å². The molecular formula is C73H11NO2. The maximum atomic E-state index is 14.3. The fourth-order valence-corrected chi connectivity index (χ4v) is 27.0. The van der Waals surface area contributed by atoms with E-state index in [0.717, 1.165) is 6.54 Å². The lowest BCUT2D eigenvalue weighted by molar-refractivity contribution is 0.0994. The Balaban J connectivity index is 1.08. The summed E-state index contributed by atoms with van der Waals surface area (Å²) in [5.74, 6) is -0.115. The van der Waals surface area contributed by atoms with Crippen molar-refractivity contribution in [3.8, 4) is 0 Å². The predicted octanol–water partition coefficient (Wildman–Crippen LogP) is 17.9. The molecule has 0 aromatic heterocycles. The first-order chi connectivity index (χ1) is 37.6. The third-order valence-electron chi connectivity index (χ3n) is 27.2. The van der Waals surface area contributed by atoms with Crippen molar-refractivity contribution in [2.75, 3.05) is 13.6 Å². The van der Waals surface area contributed by atoms with E-state index in [-0.39, 0.29) is 17.6 Å². The molecule has 3 nitrogen and oxygen atoms in total. The van der Waals surface area contributed by atoms with Crippen LogP contribution in [0.4, 0.5) is 0 Å². The van der Waals surface area contributed by atoms with E-state index >= 15 is 0 Å². The molecule has 35 rings (SSSR count). The largest absolute Gasteiger partial charge is 0.297 e. The van der Waals surface area contributed by atoms with Gasteiger partial charge in [0.1, 0.15) is 0 Å². The molecule has 6 aliphatic rings. The zero-order valence-corrected chi connectivity index (χ0v) is 38.9. The van der Waals surface area contributed by atoms with Crippen LogP contribution in [0.2, 0.25) is 0 Å². The summed E-state index contributed by atoms with van der Waals surface area (Å²) in [4.78, 5) is 30.8. The Morgan fingerprint density at radius 2 is 0.526 bits per heavy atom. The van der Waals surface area contributed by atoms with E-state index in [0.29, 0.717) is 11.1 Å². The lowest BCUT2D eigenvalue weighted by atomic mass is 9.47. The van der Waals surface area contributed by atoms with Crippen LogP contribution in [0.15, 0.2) is 30.4 Å². The highest BCUT2D eigenvalue weighted by atomic mass is 16.1. The molecule has 0 saturated carbocycles. The minimum absolute atomic E-state index is 0.0508. The predicted molar refractivity (Wildman–Crippen MR) is 313 cm³/mol. The van der Waals surface area contributed by atoms with Crippen LogP contribution in [0.5, 0.6) is 0 Å². The Bertz CT molecular complexity index is 7660. The average molecular weight is 934 g/mol. The Morgan fingerprint density at radius 1 is 0.303 bits per heavy atom. The highest BCUT2D eigenvalue weighted by molar-refractivity contribution is 6.82. The Labute approximate surface area is 414 Å². The molecule has 1 fully saturated rings. The molecule has 29 aromatic rings. The Morgan fingerprint density at radius 3 is 0.789 bits per heavy atom. The van der Waals surface area contributed by atoms with Crippen molar-refractivity contribution in [1.29, 1.82) is 0 Å². The third-order valence-corrected chi connectivity index (χ3v) is 27.2. The van der Waals surface area contributed by atoms with Crippen LogP contribution < -0.4 is 0 Å². The molecule has 0 radical (unpaired) electrons. The molecule has 1 aliphatic heterocycles. The summed E-state index contributed by atoms with van der Waals surface area (Å²) >= 11 is 0. The number of allylic oxidation sites excluding steroid dienone is 2. The fraction of sp³-hybridized carbons (Fsp3) is 0.0685. The van der Waals surface area contributed by atoms with E-state index in [2.05, 4.69) is 24.1 Å². The number of fused-ring (bicyclic) bond motifs is 1. The smallest absolute Gasteiger partial charge is 0.186 e. The van der Waals surface area contributed by atoms with Gasteiger partial charge < -0.3 is 0 Å². The first-order valence-corrected chi connectivity index (χ1v) is 28.0. The van der Waals surface area contributed by atoms with Crippen molar-refractivity contribution in [3.05, 3.63) is 69.3 Å². The van der Waals surface area contributed by atoms with Crippen molar-refractivity contribution >= 4 is 302 Å². The van der Waals surface area contributed by atoms with Crippen molar-refractivity contribution in [3.63, 3.8) is 0 Å². The van der Waals surface area contributed by atoms with Crippen LogP contribution in [0.1, 0.15) is 54.6 Å². The van der Waals surface area contributed by atoms with Gasteiger partial charge in [0.05, 0.1) is 10.8 Å². The van der Waals surface area contributed by atoms with Crippen LogP contribution in [-0.4, -0.2) is 30.1 Å². The molecule has 320 valence electrons. The van der Waals surface area contributed by atoms with Gasteiger partial charge in [-0.1, -0.05) is 6.07 Å². The van der Waals surface area contributed by atoms with E-state index in [1.807, 2.05) is 6.07 Å². The maximum absolute atomic E-state index is 14.3. The van der Waals surface area contributed by atoms with Gasteiger partial charge in [-0.05, 0) is 350 Å².